The monoisotopic (exact) mass is 326 g/mol. The highest BCUT2D eigenvalue weighted by Gasteiger charge is 2.14. The van der Waals surface area contributed by atoms with Gasteiger partial charge in [-0.2, -0.15) is 0 Å². The Morgan fingerprint density at radius 3 is 2.32 bits per heavy atom. The van der Waals surface area contributed by atoms with Crippen molar-refractivity contribution in [1.82, 2.24) is 10.0 Å². The normalized spacial score (nSPS) is 11.6. The minimum Gasteiger partial charge on any atom is -0.352 e. The molecule has 1 rings (SSSR count). The lowest BCUT2D eigenvalue weighted by molar-refractivity contribution is 0.0949. The van der Waals surface area contributed by atoms with Crippen LogP contribution in [0.3, 0.4) is 0 Å². The van der Waals surface area contributed by atoms with E-state index in [1.165, 1.54) is 24.3 Å². The van der Waals surface area contributed by atoms with Crippen molar-refractivity contribution in [3.05, 3.63) is 29.8 Å². The Morgan fingerprint density at radius 1 is 1.14 bits per heavy atom. The number of hydrogen-bond donors (Lipinski definition) is 2. The van der Waals surface area contributed by atoms with Crippen molar-refractivity contribution in [2.24, 2.45) is 5.92 Å². The van der Waals surface area contributed by atoms with Crippen molar-refractivity contribution in [3.63, 3.8) is 0 Å². The zero-order valence-corrected chi connectivity index (χ0v) is 14.4. The number of rotatable bonds is 9. The lowest BCUT2D eigenvalue weighted by Crippen LogP contribution is -2.27. The zero-order chi connectivity index (χ0) is 16.6. The van der Waals surface area contributed by atoms with Gasteiger partial charge in [-0.15, -0.1) is 0 Å². The van der Waals surface area contributed by atoms with Crippen molar-refractivity contribution in [3.8, 4) is 0 Å². The van der Waals surface area contributed by atoms with Crippen LogP contribution in [0.1, 0.15) is 50.4 Å². The first-order valence-electron chi connectivity index (χ1n) is 7.74. The second-order valence-corrected chi connectivity index (χ2v) is 7.50. The van der Waals surface area contributed by atoms with Gasteiger partial charge in [-0.1, -0.05) is 33.6 Å². The molecule has 5 nitrogen and oxygen atoms in total. The third-order valence-electron chi connectivity index (χ3n) is 3.17. The fourth-order valence-electron chi connectivity index (χ4n) is 1.85. The van der Waals surface area contributed by atoms with E-state index in [0.717, 1.165) is 19.3 Å². The highest BCUT2D eigenvalue weighted by atomic mass is 32.2. The molecule has 0 radical (unpaired) electrons. The maximum absolute atomic E-state index is 12.1. The van der Waals surface area contributed by atoms with E-state index in [-0.39, 0.29) is 10.8 Å². The van der Waals surface area contributed by atoms with E-state index >= 15 is 0 Å². The molecular weight excluding hydrogens is 300 g/mol. The van der Waals surface area contributed by atoms with Crippen LogP contribution in [0.2, 0.25) is 0 Å². The van der Waals surface area contributed by atoms with Gasteiger partial charge in [-0.3, -0.25) is 4.79 Å². The molecule has 1 aromatic carbocycles. The summed E-state index contributed by atoms with van der Waals surface area (Å²) in [7, 11) is -3.49. The van der Waals surface area contributed by atoms with Crippen LogP contribution in [-0.2, 0) is 10.0 Å². The minimum atomic E-state index is -3.49. The Kier molecular flexibility index (Phi) is 7.55. The first kappa shape index (κ1) is 18.6. The summed E-state index contributed by atoms with van der Waals surface area (Å²) < 4.78 is 26.7. The molecule has 0 bridgehead atoms. The smallest absolute Gasteiger partial charge is 0.251 e. The van der Waals surface area contributed by atoms with Gasteiger partial charge < -0.3 is 5.32 Å². The number of sulfonamides is 1. The van der Waals surface area contributed by atoms with Gasteiger partial charge >= 0.3 is 0 Å². The van der Waals surface area contributed by atoms with Gasteiger partial charge in [-0.05, 0) is 36.6 Å². The molecule has 2 N–H and O–H groups in total. The van der Waals surface area contributed by atoms with E-state index in [1.807, 2.05) is 13.8 Å². The molecule has 0 aromatic heterocycles. The largest absolute Gasteiger partial charge is 0.352 e. The van der Waals surface area contributed by atoms with Gasteiger partial charge in [0.2, 0.25) is 10.0 Å². The van der Waals surface area contributed by atoms with Crippen LogP contribution in [0.5, 0.6) is 0 Å². The van der Waals surface area contributed by atoms with Gasteiger partial charge in [-0.25, -0.2) is 13.1 Å². The van der Waals surface area contributed by atoms with Crippen LogP contribution in [-0.4, -0.2) is 27.4 Å². The molecule has 0 aliphatic carbocycles. The van der Waals surface area contributed by atoms with Crippen LogP contribution < -0.4 is 10.0 Å². The van der Waals surface area contributed by atoms with Crippen molar-refractivity contribution in [1.29, 1.82) is 0 Å². The standard InChI is InChI=1S/C16H26N2O3S/c1-4-5-6-11-18-22(20,21)15-9-7-14(8-10-15)16(19)17-12-13(2)3/h7-10,13,18H,4-6,11-12H2,1-3H3,(H,17,19). The number of carbonyl (C=O) groups excluding carboxylic acids is 1. The lowest BCUT2D eigenvalue weighted by Gasteiger charge is -2.09. The molecule has 0 saturated heterocycles. The molecule has 0 aliphatic heterocycles. The topological polar surface area (TPSA) is 75.3 Å². The SMILES string of the molecule is CCCCCNS(=O)(=O)c1ccc(C(=O)NCC(C)C)cc1. The molecule has 1 aromatic rings. The van der Waals surface area contributed by atoms with Crippen LogP contribution in [0.4, 0.5) is 0 Å². The summed E-state index contributed by atoms with van der Waals surface area (Å²) in [4.78, 5) is 12.1. The Bertz CT molecular complexity index is 566. The molecule has 22 heavy (non-hydrogen) atoms. The Balaban J connectivity index is 2.65. The molecule has 0 saturated carbocycles. The summed E-state index contributed by atoms with van der Waals surface area (Å²) in [6.45, 7) is 7.13. The number of hydrogen-bond acceptors (Lipinski definition) is 3. The van der Waals surface area contributed by atoms with E-state index in [0.29, 0.717) is 24.6 Å². The number of carbonyl (C=O) groups is 1. The van der Waals surface area contributed by atoms with Gasteiger partial charge in [0.25, 0.3) is 5.91 Å². The van der Waals surface area contributed by atoms with E-state index < -0.39 is 10.0 Å². The van der Waals surface area contributed by atoms with Gasteiger partial charge in [0.15, 0.2) is 0 Å². The van der Waals surface area contributed by atoms with Crippen molar-refractivity contribution >= 4 is 15.9 Å². The second-order valence-electron chi connectivity index (χ2n) is 5.73. The number of benzene rings is 1. The quantitative estimate of drug-likeness (QED) is 0.685. The van der Waals surface area contributed by atoms with E-state index in [9.17, 15) is 13.2 Å². The van der Waals surface area contributed by atoms with Crippen molar-refractivity contribution < 1.29 is 13.2 Å². The van der Waals surface area contributed by atoms with Crippen LogP contribution in [0, 0.1) is 5.92 Å². The second kappa shape index (κ2) is 8.90. The molecule has 0 atom stereocenters. The number of nitrogens with one attached hydrogen (secondary N) is 2. The van der Waals surface area contributed by atoms with Crippen LogP contribution >= 0.6 is 0 Å². The fourth-order valence-corrected chi connectivity index (χ4v) is 2.92. The third-order valence-corrected chi connectivity index (χ3v) is 4.65. The Hall–Kier alpha value is -1.40. The average molecular weight is 326 g/mol. The third kappa shape index (κ3) is 6.15. The Labute approximate surface area is 133 Å². The first-order valence-corrected chi connectivity index (χ1v) is 9.23. The van der Waals surface area contributed by atoms with Gasteiger partial charge in [0, 0.05) is 18.7 Å². The van der Waals surface area contributed by atoms with Gasteiger partial charge in [0.1, 0.15) is 0 Å². The molecule has 1 amide bonds. The van der Waals surface area contributed by atoms with Crippen molar-refractivity contribution in [2.75, 3.05) is 13.1 Å². The minimum absolute atomic E-state index is 0.185. The summed E-state index contributed by atoms with van der Waals surface area (Å²) >= 11 is 0. The average Bonchev–Trinajstić information content (AvgIpc) is 2.49. The highest BCUT2D eigenvalue weighted by molar-refractivity contribution is 7.89. The van der Waals surface area contributed by atoms with E-state index in [1.54, 1.807) is 0 Å². The fraction of sp³-hybridized carbons (Fsp3) is 0.562. The lowest BCUT2D eigenvalue weighted by atomic mass is 10.2. The zero-order valence-electron chi connectivity index (χ0n) is 13.6. The number of unbranched alkanes of at least 4 members (excludes halogenated alkanes) is 2. The molecule has 0 heterocycles. The maximum Gasteiger partial charge on any atom is 0.251 e. The summed E-state index contributed by atoms with van der Waals surface area (Å²) in [5.41, 5.74) is 0.464. The molecular formula is C16H26N2O3S. The molecule has 0 aliphatic rings. The predicted molar refractivity (Wildman–Crippen MR) is 88.3 cm³/mol. The Morgan fingerprint density at radius 2 is 1.77 bits per heavy atom. The molecule has 0 unspecified atom stereocenters. The summed E-state index contributed by atoms with van der Waals surface area (Å²) in [6.07, 6.45) is 2.87. The predicted octanol–water partition coefficient (Wildman–Crippen LogP) is 2.54. The molecule has 0 spiro atoms. The van der Waals surface area contributed by atoms with Crippen molar-refractivity contribution in [2.45, 2.75) is 44.9 Å². The molecule has 124 valence electrons. The molecule has 6 heteroatoms. The number of amides is 1. The first-order chi connectivity index (χ1) is 10.4. The molecule has 0 fully saturated rings. The summed E-state index contributed by atoms with van der Waals surface area (Å²) in [6, 6.07) is 6.01. The van der Waals surface area contributed by atoms with Crippen LogP contribution in [0.15, 0.2) is 29.2 Å². The van der Waals surface area contributed by atoms with E-state index in [4.69, 9.17) is 0 Å². The van der Waals surface area contributed by atoms with Crippen LogP contribution in [0.25, 0.3) is 0 Å². The maximum atomic E-state index is 12.1. The van der Waals surface area contributed by atoms with E-state index in [2.05, 4.69) is 17.0 Å². The van der Waals surface area contributed by atoms with Gasteiger partial charge in [0.05, 0.1) is 4.90 Å². The summed E-state index contributed by atoms with van der Waals surface area (Å²) in [5, 5.41) is 2.80. The summed E-state index contributed by atoms with van der Waals surface area (Å²) in [5.74, 6) is 0.185. The highest BCUT2D eigenvalue weighted by Crippen LogP contribution is 2.11.